The van der Waals surface area contributed by atoms with Gasteiger partial charge in [-0.2, -0.15) is 5.10 Å². The average molecular weight is 312 g/mol. The lowest BCUT2D eigenvalue weighted by Crippen LogP contribution is -2.43. The number of nitrogens with one attached hydrogen (secondary N) is 2. The van der Waals surface area contributed by atoms with E-state index in [1.165, 1.54) is 0 Å². The van der Waals surface area contributed by atoms with Crippen molar-refractivity contribution in [2.75, 3.05) is 0 Å². The Labute approximate surface area is 137 Å². The summed E-state index contributed by atoms with van der Waals surface area (Å²) in [5.41, 5.74) is 2.14. The van der Waals surface area contributed by atoms with Crippen molar-refractivity contribution in [2.45, 2.75) is 51.4 Å². The molecular formula is C18H24N4O. The number of amides is 1. The second-order valence-corrected chi connectivity index (χ2v) is 6.43. The predicted molar refractivity (Wildman–Crippen MR) is 89.9 cm³/mol. The minimum absolute atomic E-state index is 0.0576. The molecule has 1 saturated carbocycles. The molecule has 3 rings (SSSR count). The Morgan fingerprint density at radius 3 is 2.70 bits per heavy atom. The molecular weight excluding hydrogens is 288 g/mol. The van der Waals surface area contributed by atoms with Crippen molar-refractivity contribution >= 4 is 5.91 Å². The van der Waals surface area contributed by atoms with Gasteiger partial charge in [0.05, 0.1) is 12.7 Å². The van der Waals surface area contributed by atoms with Gasteiger partial charge in [0.2, 0.25) is 5.91 Å². The van der Waals surface area contributed by atoms with Crippen molar-refractivity contribution in [3.8, 4) is 0 Å². The summed E-state index contributed by atoms with van der Waals surface area (Å²) in [6.45, 7) is 4.84. The van der Waals surface area contributed by atoms with E-state index in [2.05, 4.69) is 22.7 Å². The summed E-state index contributed by atoms with van der Waals surface area (Å²) >= 11 is 0. The summed E-state index contributed by atoms with van der Waals surface area (Å²) in [5, 5.41) is 10.9. The highest BCUT2D eigenvalue weighted by atomic mass is 16.2. The zero-order valence-electron chi connectivity index (χ0n) is 13.7. The van der Waals surface area contributed by atoms with Crippen LogP contribution in [0.25, 0.3) is 0 Å². The molecule has 1 aliphatic rings. The molecule has 5 heteroatoms. The van der Waals surface area contributed by atoms with Gasteiger partial charge in [-0.15, -0.1) is 0 Å². The quantitative estimate of drug-likeness (QED) is 0.824. The number of benzene rings is 1. The highest BCUT2D eigenvalue weighted by molar-refractivity contribution is 5.83. The number of hydrogen-bond donors (Lipinski definition) is 2. The predicted octanol–water partition coefficient (Wildman–Crippen LogP) is 2.19. The van der Waals surface area contributed by atoms with Crippen LogP contribution < -0.4 is 10.6 Å². The van der Waals surface area contributed by atoms with Crippen LogP contribution in [0.2, 0.25) is 0 Å². The molecule has 1 fully saturated rings. The lowest BCUT2D eigenvalue weighted by atomic mass is 10.1. The third kappa shape index (κ3) is 4.42. The lowest BCUT2D eigenvalue weighted by molar-refractivity contribution is -0.123. The van der Waals surface area contributed by atoms with E-state index in [4.69, 9.17) is 0 Å². The van der Waals surface area contributed by atoms with Crippen LogP contribution in [-0.4, -0.2) is 27.8 Å². The Hall–Kier alpha value is -2.14. The summed E-state index contributed by atoms with van der Waals surface area (Å²) in [4.78, 5) is 12.6. The first-order chi connectivity index (χ1) is 11.1. The fourth-order valence-corrected chi connectivity index (χ4v) is 2.67. The molecule has 1 heterocycles. The van der Waals surface area contributed by atoms with Crippen LogP contribution in [0.1, 0.15) is 36.9 Å². The maximum Gasteiger partial charge on any atom is 0.241 e. The van der Waals surface area contributed by atoms with Crippen molar-refractivity contribution < 1.29 is 4.79 Å². The summed E-state index contributed by atoms with van der Waals surface area (Å²) < 4.78 is 1.91. The average Bonchev–Trinajstić information content (AvgIpc) is 3.26. The standard InChI is InChI=1S/C18H24N4O/c1-13-10-19-22(11-13)12-14(2)20-17(15-6-4-3-5-7-15)18(23)21-16-8-9-16/h3-7,10-11,14,16-17,20H,8-9,12H2,1-2H3,(H,21,23)/t14-,17-/m0/s1. The minimum Gasteiger partial charge on any atom is -0.352 e. The summed E-state index contributed by atoms with van der Waals surface area (Å²) in [6, 6.07) is 10.1. The van der Waals surface area contributed by atoms with Crippen LogP contribution in [0.4, 0.5) is 0 Å². The number of aryl methyl sites for hydroxylation is 1. The topological polar surface area (TPSA) is 59.0 Å². The maximum atomic E-state index is 12.6. The van der Waals surface area contributed by atoms with Crippen molar-refractivity contribution in [1.82, 2.24) is 20.4 Å². The van der Waals surface area contributed by atoms with Gasteiger partial charge in [0.15, 0.2) is 0 Å². The molecule has 23 heavy (non-hydrogen) atoms. The highest BCUT2D eigenvalue weighted by Gasteiger charge is 2.29. The molecule has 1 aromatic carbocycles. The molecule has 1 amide bonds. The molecule has 0 spiro atoms. The summed E-state index contributed by atoms with van der Waals surface area (Å²) in [5.74, 6) is 0.0576. The van der Waals surface area contributed by atoms with Crippen LogP contribution >= 0.6 is 0 Å². The first-order valence-electron chi connectivity index (χ1n) is 8.22. The molecule has 1 aliphatic carbocycles. The molecule has 0 bridgehead atoms. The van der Waals surface area contributed by atoms with Gasteiger partial charge in [0.1, 0.15) is 6.04 Å². The molecule has 122 valence electrons. The third-order valence-electron chi connectivity index (χ3n) is 3.99. The fraction of sp³-hybridized carbons (Fsp3) is 0.444. The second-order valence-electron chi connectivity index (χ2n) is 6.43. The Kier molecular flexibility index (Phi) is 4.76. The Balaban J connectivity index is 1.68. The SMILES string of the molecule is Cc1cnn(C[C@H](C)N[C@H](C(=O)NC2CC2)c2ccccc2)c1. The Bertz CT molecular complexity index is 648. The van der Waals surface area contributed by atoms with Crippen molar-refractivity contribution in [2.24, 2.45) is 0 Å². The van der Waals surface area contributed by atoms with Gasteiger partial charge in [-0.3, -0.25) is 14.8 Å². The number of aromatic nitrogens is 2. The molecule has 5 nitrogen and oxygen atoms in total. The van der Waals surface area contributed by atoms with Gasteiger partial charge in [-0.25, -0.2) is 0 Å². The van der Waals surface area contributed by atoms with E-state index in [1.807, 2.05) is 54.3 Å². The van der Waals surface area contributed by atoms with Crippen LogP contribution in [0.5, 0.6) is 0 Å². The molecule has 2 atom stereocenters. The van der Waals surface area contributed by atoms with E-state index < -0.39 is 0 Å². The van der Waals surface area contributed by atoms with E-state index >= 15 is 0 Å². The minimum atomic E-state index is -0.330. The number of carbonyl (C=O) groups is 1. The Morgan fingerprint density at radius 2 is 2.09 bits per heavy atom. The van der Waals surface area contributed by atoms with Crippen molar-refractivity contribution in [3.63, 3.8) is 0 Å². The molecule has 2 aromatic rings. The molecule has 0 saturated heterocycles. The fourth-order valence-electron chi connectivity index (χ4n) is 2.67. The second kappa shape index (κ2) is 6.96. The largest absolute Gasteiger partial charge is 0.352 e. The first kappa shape index (κ1) is 15.7. The zero-order valence-corrected chi connectivity index (χ0v) is 13.7. The van der Waals surface area contributed by atoms with E-state index in [0.29, 0.717) is 6.04 Å². The normalized spacial score (nSPS) is 16.8. The van der Waals surface area contributed by atoms with Crippen molar-refractivity contribution in [1.29, 1.82) is 0 Å². The summed E-state index contributed by atoms with van der Waals surface area (Å²) in [7, 11) is 0. The van der Waals surface area contributed by atoms with Gasteiger partial charge >= 0.3 is 0 Å². The van der Waals surface area contributed by atoms with Gasteiger partial charge in [0.25, 0.3) is 0 Å². The van der Waals surface area contributed by atoms with Crippen molar-refractivity contribution in [3.05, 3.63) is 53.9 Å². The van der Waals surface area contributed by atoms with Crippen LogP contribution in [0.15, 0.2) is 42.7 Å². The number of nitrogens with zero attached hydrogens (tertiary/aromatic N) is 2. The number of rotatable bonds is 7. The van der Waals surface area contributed by atoms with Gasteiger partial charge in [-0.1, -0.05) is 30.3 Å². The van der Waals surface area contributed by atoms with Gasteiger partial charge in [0, 0.05) is 18.3 Å². The van der Waals surface area contributed by atoms with Crippen LogP contribution in [0, 0.1) is 6.92 Å². The summed E-state index contributed by atoms with van der Waals surface area (Å²) in [6.07, 6.45) is 6.05. The van der Waals surface area contributed by atoms with E-state index in [1.54, 1.807) is 0 Å². The molecule has 0 aliphatic heterocycles. The number of hydrogen-bond acceptors (Lipinski definition) is 3. The van der Waals surface area contributed by atoms with Crippen LogP contribution in [0.3, 0.4) is 0 Å². The monoisotopic (exact) mass is 312 g/mol. The third-order valence-corrected chi connectivity index (χ3v) is 3.99. The number of carbonyl (C=O) groups excluding carboxylic acids is 1. The molecule has 2 N–H and O–H groups in total. The molecule has 0 radical (unpaired) electrons. The smallest absolute Gasteiger partial charge is 0.241 e. The highest BCUT2D eigenvalue weighted by Crippen LogP contribution is 2.21. The first-order valence-corrected chi connectivity index (χ1v) is 8.22. The molecule has 1 aromatic heterocycles. The van der Waals surface area contributed by atoms with Gasteiger partial charge in [-0.05, 0) is 37.8 Å². The van der Waals surface area contributed by atoms with Crippen LogP contribution in [-0.2, 0) is 11.3 Å². The van der Waals surface area contributed by atoms with E-state index in [-0.39, 0.29) is 18.0 Å². The zero-order chi connectivity index (χ0) is 16.2. The Morgan fingerprint density at radius 1 is 1.35 bits per heavy atom. The van der Waals surface area contributed by atoms with Gasteiger partial charge < -0.3 is 5.32 Å². The van der Waals surface area contributed by atoms with E-state index in [0.717, 1.165) is 30.5 Å². The maximum absolute atomic E-state index is 12.6. The lowest BCUT2D eigenvalue weighted by Gasteiger charge is -2.23. The molecule has 0 unspecified atom stereocenters. The van der Waals surface area contributed by atoms with E-state index in [9.17, 15) is 4.79 Å².